The molecular formula is C20H23NO2. The third-order valence-corrected chi connectivity index (χ3v) is 4.42. The van der Waals surface area contributed by atoms with Crippen LogP contribution in [-0.2, 0) is 9.53 Å². The van der Waals surface area contributed by atoms with Crippen LogP contribution in [0.4, 0.5) is 0 Å². The second-order valence-corrected chi connectivity index (χ2v) is 6.61. The predicted molar refractivity (Wildman–Crippen MR) is 91.3 cm³/mol. The van der Waals surface area contributed by atoms with E-state index in [2.05, 4.69) is 13.8 Å². The number of carbonyl (C=O) groups excluding carboxylic acids is 1. The van der Waals surface area contributed by atoms with Crippen molar-refractivity contribution in [1.82, 2.24) is 4.90 Å². The molecule has 2 aromatic carbocycles. The van der Waals surface area contributed by atoms with Gasteiger partial charge in [-0.25, -0.2) is 0 Å². The molecule has 0 atom stereocenters. The van der Waals surface area contributed by atoms with Gasteiger partial charge in [0, 0.05) is 6.54 Å². The summed E-state index contributed by atoms with van der Waals surface area (Å²) >= 11 is 0. The molecular weight excluding hydrogens is 286 g/mol. The number of nitrogens with zero attached hydrogens (tertiary/aromatic N) is 1. The Hall–Kier alpha value is -2.13. The minimum atomic E-state index is -0.281. The molecule has 3 heteroatoms. The third kappa shape index (κ3) is 3.30. The molecule has 0 N–H and O–H groups in total. The van der Waals surface area contributed by atoms with Gasteiger partial charge in [-0.05, 0) is 25.0 Å². The Morgan fingerprint density at radius 3 is 2.00 bits per heavy atom. The van der Waals surface area contributed by atoms with Crippen LogP contribution in [0.1, 0.15) is 30.9 Å². The highest BCUT2D eigenvalue weighted by Crippen LogP contribution is 2.30. The first-order valence-electron chi connectivity index (χ1n) is 8.09. The van der Waals surface area contributed by atoms with Crippen molar-refractivity contribution < 1.29 is 9.53 Å². The van der Waals surface area contributed by atoms with Crippen LogP contribution in [0, 0.1) is 0 Å². The van der Waals surface area contributed by atoms with Gasteiger partial charge in [-0.1, -0.05) is 60.7 Å². The summed E-state index contributed by atoms with van der Waals surface area (Å²) < 4.78 is 5.56. The Morgan fingerprint density at radius 1 is 1.00 bits per heavy atom. The fourth-order valence-corrected chi connectivity index (χ4v) is 3.19. The van der Waals surface area contributed by atoms with Gasteiger partial charge in [0.2, 0.25) is 5.91 Å². The largest absolute Gasteiger partial charge is 0.377 e. The lowest BCUT2D eigenvalue weighted by Crippen LogP contribution is -2.56. The van der Waals surface area contributed by atoms with E-state index < -0.39 is 0 Å². The average Bonchev–Trinajstić information content (AvgIpc) is 2.56. The maximum Gasteiger partial charge on any atom is 0.235 e. The molecule has 1 saturated heterocycles. The van der Waals surface area contributed by atoms with Crippen LogP contribution in [0.15, 0.2) is 60.7 Å². The lowest BCUT2D eigenvalue weighted by atomic mass is 9.88. The van der Waals surface area contributed by atoms with E-state index in [0.29, 0.717) is 19.8 Å². The smallest absolute Gasteiger partial charge is 0.235 e. The van der Waals surface area contributed by atoms with Crippen LogP contribution in [0.3, 0.4) is 0 Å². The first-order valence-corrected chi connectivity index (χ1v) is 8.09. The Morgan fingerprint density at radius 2 is 1.52 bits per heavy atom. The molecule has 1 aliphatic rings. The Kier molecular flexibility index (Phi) is 4.49. The predicted octanol–water partition coefficient (Wildman–Crippen LogP) is 3.46. The number of amides is 1. The number of hydrogen-bond acceptors (Lipinski definition) is 2. The highest BCUT2D eigenvalue weighted by Gasteiger charge is 2.38. The topological polar surface area (TPSA) is 29.5 Å². The molecule has 0 bridgehead atoms. The van der Waals surface area contributed by atoms with E-state index in [4.69, 9.17) is 4.74 Å². The maximum atomic E-state index is 13.4. The number of hydrogen-bond donors (Lipinski definition) is 0. The SMILES string of the molecule is CC1(C)COCCN1C(=O)C(c1ccccc1)c1ccccc1. The van der Waals surface area contributed by atoms with E-state index >= 15 is 0 Å². The molecule has 0 radical (unpaired) electrons. The molecule has 1 amide bonds. The van der Waals surface area contributed by atoms with Gasteiger partial charge < -0.3 is 9.64 Å². The summed E-state index contributed by atoms with van der Waals surface area (Å²) in [7, 11) is 0. The van der Waals surface area contributed by atoms with Gasteiger partial charge in [0.05, 0.1) is 24.7 Å². The van der Waals surface area contributed by atoms with Crippen molar-refractivity contribution in [2.45, 2.75) is 25.3 Å². The number of ether oxygens (including phenoxy) is 1. The highest BCUT2D eigenvalue weighted by atomic mass is 16.5. The maximum absolute atomic E-state index is 13.4. The summed E-state index contributed by atoms with van der Waals surface area (Å²) in [4.78, 5) is 15.4. The van der Waals surface area contributed by atoms with Gasteiger partial charge >= 0.3 is 0 Å². The second kappa shape index (κ2) is 6.55. The zero-order valence-electron chi connectivity index (χ0n) is 13.7. The summed E-state index contributed by atoms with van der Waals surface area (Å²) in [6, 6.07) is 20.0. The van der Waals surface area contributed by atoms with Crippen molar-refractivity contribution in [2.75, 3.05) is 19.8 Å². The molecule has 0 unspecified atom stereocenters. The molecule has 0 aliphatic carbocycles. The van der Waals surface area contributed by atoms with Crippen LogP contribution < -0.4 is 0 Å². The highest BCUT2D eigenvalue weighted by molar-refractivity contribution is 5.88. The molecule has 1 heterocycles. The van der Waals surface area contributed by atoms with Crippen LogP contribution in [0.25, 0.3) is 0 Å². The summed E-state index contributed by atoms with van der Waals surface area (Å²) in [5, 5.41) is 0. The van der Waals surface area contributed by atoms with Gasteiger partial charge in [-0.3, -0.25) is 4.79 Å². The lowest BCUT2D eigenvalue weighted by Gasteiger charge is -2.43. The number of benzene rings is 2. The average molecular weight is 309 g/mol. The zero-order chi connectivity index (χ0) is 16.3. The number of rotatable bonds is 3. The minimum absolute atomic E-state index is 0.149. The van der Waals surface area contributed by atoms with Gasteiger partial charge in [-0.2, -0.15) is 0 Å². The molecule has 1 aliphatic heterocycles. The first-order chi connectivity index (χ1) is 11.1. The fourth-order valence-electron chi connectivity index (χ4n) is 3.19. The summed E-state index contributed by atoms with van der Waals surface area (Å²) in [6.45, 7) is 5.96. The van der Waals surface area contributed by atoms with Crippen molar-refractivity contribution in [3.8, 4) is 0 Å². The molecule has 0 saturated carbocycles. The van der Waals surface area contributed by atoms with Crippen molar-refractivity contribution in [1.29, 1.82) is 0 Å². The van der Waals surface area contributed by atoms with E-state index in [1.807, 2.05) is 65.6 Å². The van der Waals surface area contributed by atoms with E-state index in [1.165, 1.54) is 0 Å². The van der Waals surface area contributed by atoms with Gasteiger partial charge in [-0.15, -0.1) is 0 Å². The quantitative estimate of drug-likeness (QED) is 0.869. The molecule has 0 spiro atoms. The number of carbonyl (C=O) groups is 1. The van der Waals surface area contributed by atoms with Crippen molar-refractivity contribution in [3.63, 3.8) is 0 Å². The van der Waals surface area contributed by atoms with E-state index in [1.54, 1.807) is 0 Å². The molecule has 1 fully saturated rings. The monoisotopic (exact) mass is 309 g/mol. The van der Waals surface area contributed by atoms with Crippen molar-refractivity contribution >= 4 is 5.91 Å². The van der Waals surface area contributed by atoms with Crippen molar-refractivity contribution in [2.24, 2.45) is 0 Å². The van der Waals surface area contributed by atoms with Gasteiger partial charge in [0.15, 0.2) is 0 Å². The first kappa shape index (κ1) is 15.8. The lowest BCUT2D eigenvalue weighted by molar-refractivity contribution is -0.147. The molecule has 0 aromatic heterocycles. The van der Waals surface area contributed by atoms with Crippen LogP contribution >= 0.6 is 0 Å². The summed E-state index contributed by atoms with van der Waals surface area (Å²) in [5.41, 5.74) is 1.79. The standard InChI is InChI=1S/C20H23NO2/c1-20(2)15-23-14-13-21(20)19(22)18(16-9-5-3-6-10-16)17-11-7-4-8-12-17/h3-12,18H,13-15H2,1-2H3. The fraction of sp³-hybridized carbons (Fsp3) is 0.350. The van der Waals surface area contributed by atoms with Crippen LogP contribution in [0.2, 0.25) is 0 Å². The van der Waals surface area contributed by atoms with E-state index in [9.17, 15) is 4.79 Å². The zero-order valence-corrected chi connectivity index (χ0v) is 13.7. The molecule has 3 nitrogen and oxygen atoms in total. The van der Waals surface area contributed by atoms with Gasteiger partial charge in [0.1, 0.15) is 0 Å². The molecule has 2 aromatic rings. The second-order valence-electron chi connectivity index (χ2n) is 6.61. The minimum Gasteiger partial charge on any atom is -0.377 e. The Labute approximate surface area is 137 Å². The number of morpholine rings is 1. The Balaban J connectivity index is 2.00. The molecule has 23 heavy (non-hydrogen) atoms. The van der Waals surface area contributed by atoms with Crippen LogP contribution in [-0.4, -0.2) is 36.1 Å². The van der Waals surface area contributed by atoms with E-state index in [-0.39, 0.29) is 17.4 Å². The third-order valence-electron chi connectivity index (χ3n) is 4.42. The Bertz CT molecular complexity index is 612. The van der Waals surface area contributed by atoms with E-state index in [0.717, 1.165) is 11.1 Å². The molecule has 3 rings (SSSR count). The van der Waals surface area contributed by atoms with Crippen molar-refractivity contribution in [3.05, 3.63) is 71.8 Å². The van der Waals surface area contributed by atoms with Gasteiger partial charge in [0.25, 0.3) is 0 Å². The van der Waals surface area contributed by atoms with Crippen LogP contribution in [0.5, 0.6) is 0 Å². The normalized spacial score (nSPS) is 17.3. The summed E-state index contributed by atoms with van der Waals surface area (Å²) in [6.07, 6.45) is 0. The summed E-state index contributed by atoms with van der Waals surface area (Å²) in [5.74, 6) is -0.120. The molecule has 120 valence electrons.